The average Bonchev–Trinajstić information content (AvgIpc) is 2.65. The summed E-state index contributed by atoms with van der Waals surface area (Å²) >= 11 is 0. The van der Waals surface area contributed by atoms with Crippen molar-refractivity contribution in [1.82, 2.24) is 15.5 Å². The largest absolute Gasteiger partial charge is 0.339 e. The molecule has 2 aliphatic rings. The second-order valence-corrected chi connectivity index (χ2v) is 5.03. The fourth-order valence-corrected chi connectivity index (χ4v) is 2.49. The Balaban J connectivity index is 1.58. The van der Waals surface area contributed by atoms with Gasteiger partial charge in [-0.2, -0.15) is 4.98 Å². The van der Waals surface area contributed by atoms with Crippen LogP contribution in [0.2, 0.25) is 0 Å². The van der Waals surface area contributed by atoms with E-state index < -0.39 is 0 Å². The molecule has 1 aromatic rings. The summed E-state index contributed by atoms with van der Waals surface area (Å²) in [5.74, 6) is 2.34. The van der Waals surface area contributed by atoms with E-state index in [2.05, 4.69) is 15.5 Å². The zero-order valence-electron chi connectivity index (χ0n) is 9.61. The van der Waals surface area contributed by atoms with Crippen molar-refractivity contribution in [3.8, 4) is 0 Å². The number of hydrogen-bond donors (Lipinski definition) is 1. The van der Waals surface area contributed by atoms with Gasteiger partial charge < -0.3 is 9.84 Å². The van der Waals surface area contributed by atoms with E-state index in [0.29, 0.717) is 12.0 Å². The number of piperidine rings is 1. The third-order valence-corrected chi connectivity index (χ3v) is 3.79. The molecule has 0 amide bonds. The van der Waals surface area contributed by atoms with Crippen LogP contribution in [0.3, 0.4) is 0 Å². The van der Waals surface area contributed by atoms with Crippen LogP contribution in [-0.2, 0) is 6.42 Å². The SMILES string of the molecule is C1CCC(Cc2nc(C3CCC3)no2)NC1. The predicted octanol–water partition coefficient (Wildman–Crippen LogP) is 2.02. The Morgan fingerprint density at radius 3 is 2.81 bits per heavy atom. The van der Waals surface area contributed by atoms with Gasteiger partial charge in [0.15, 0.2) is 5.82 Å². The molecular weight excluding hydrogens is 202 g/mol. The van der Waals surface area contributed by atoms with Gasteiger partial charge in [0.1, 0.15) is 0 Å². The maximum absolute atomic E-state index is 5.32. The summed E-state index contributed by atoms with van der Waals surface area (Å²) in [5, 5.41) is 7.60. The Morgan fingerprint density at radius 1 is 1.19 bits per heavy atom. The molecule has 1 aliphatic carbocycles. The molecule has 0 bridgehead atoms. The summed E-state index contributed by atoms with van der Waals surface area (Å²) in [6.45, 7) is 1.13. The van der Waals surface area contributed by atoms with Crippen LogP contribution in [0, 0.1) is 0 Å². The molecule has 1 N–H and O–H groups in total. The molecule has 3 rings (SSSR count). The van der Waals surface area contributed by atoms with E-state index in [4.69, 9.17) is 4.52 Å². The van der Waals surface area contributed by atoms with Crippen molar-refractivity contribution in [3.05, 3.63) is 11.7 Å². The predicted molar refractivity (Wildman–Crippen MR) is 60.2 cm³/mol. The summed E-state index contributed by atoms with van der Waals surface area (Å²) in [6, 6.07) is 0.545. The van der Waals surface area contributed by atoms with E-state index in [1.165, 1.54) is 38.5 Å². The second-order valence-electron chi connectivity index (χ2n) is 5.03. The maximum Gasteiger partial charge on any atom is 0.228 e. The molecule has 4 nitrogen and oxygen atoms in total. The first-order chi connectivity index (χ1) is 7.92. The number of nitrogens with one attached hydrogen (secondary N) is 1. The zero-order chi connectivity index (χ0) is 10.8. The minimum atomic E-state index is 0.545. The Morgan fingerprint density at radius 2 is 2.12 bits per heavy atom. The van der Waals surface area contributed by atoms with Crippen molar-refractivity contribution in [2.24, 2.45) is 0 Å². The van der Waals surface area contributed by atoms with Gasteiger partial charge in [0, 0.05) is 18.4 Å². The maximum atomic E-state index is 5.32. The lowest BCUT2D eigenvalue weighted by Gasteiger charge is -2.22. The van der Waals surface area contributed by atoms with Crippen LogP contribution >= 0.6 is 0 Å². The number of hydrogen-bond acceptors (Lipinski definition) is 4. The Bertz CT molecular complexity index is 340. The van der Waals surface area contributed by atoms with Crippen LogP contribution in [-0.4, -0.2) is 22.7 Å². The van der Waals surface area contributed by atoms with E-state index in [1.54, 1.807) is 0 Å². The number of rotatable bonds is 3. The molecule has 1 aliphatic heterocycles. The van der Waals surface area contributed by atoms with Crippen LogP contribution in [0.25, 0.3) is 0 Å². The summed E-state index contributed by atoms with van der Waals surface area (Å²) in [6.07, 6.45) is 8.55. The smallest absolute Gasteiger partial charge is 0.228 e. The highest BCUT2D eigenvalue weighted by Gasteiger charge is 2.25. The lowest BCUT2D eigenvalue weighted by molar-refractivity contribution is 0.322. The van der Waals surface area contributed by atoms with E-state index in [1.807, 2.05) is 0 Å². The van der Waals surface area contributed by atoms with E-state index >= 15 is 0 Å². The molecule has 88 valence electrons. The van der Waals surface area contributed by atoms with Crippen molar-refractivity contribution in [3.63, 3.8) is 0 Å². The highest BCUT2D eigenvalue weighted by Crippen LogP contribution is 2.34. The van der Waals surface area contributed by atoms with E-state index in [9.17, 15) is 0 Å². The summed E-state index contributed by atoms with van der Waals surface area (Å²) in [4.78, 5) is 4.51. The third kappa shape index (κ3) is 2.12. The van der Waals surface area contributed by atoms with Crippen LogP contribution in [0.5, 0.6) is 0 Å². The number of aromatic nitrogens is 2. The van der Waals surface area contributed by atoms with Crippen molar-refractivity contribution in [2.45, 2.75) is 56.9 Å². The molecule has 1 unspecified atom stereocenters. The van der Waals surface area contributed by atoms with Gasteiger partial charge in [0.2, 0.25) is 5.89 Å². The standard InChI is InChI=1S/C12H19N3O/c1-2-7-13-10(6-1)8-11-14-12(15-16-11)9-4-3-5-9/h9-10,13H,1-8H2. The Labute approximate surface area is 95.8 Å². The van der Waals surface area contributed by atoms with Crippen LogP contribution in [0.4, 0.5) is 0 Å². The van der Waals surface area contributed by atoms with Gasteiger partial charge in [-0.25, -0.2) is 0 Å². The van der Waals surface area contributed by atoms with Gasteiger partial charge >= 0.3 is 0 Å². The summed E-state index contributed by atoms with van der Waals surface area (Å²) < 4.78 is 5.32. The molecule has 1 atom stereocenters. The highest BCUT2D eigenvalue weighted by molar-refractivity contribution is 5.00. The molecule has 1 saturated carbocycles. The van der Waals surface area contributed by atoms with Gasteiger partial charge in [-0.1, -0.05) is 18.0 Å². The lowest BCUT2D eigenvalue weighted by Crippen LogP contribution is -2.35. The van der Waals surface area contributed by atoms with E-state index in [-0.39, 0.29) is 0 Å². The van der Waals surface area contributed by atoms with E-state index in [0.717, 1.165) is 24.7 Å². The quantitative estimate of drug-likeness (QED) is 0.848. The normalized spacial score (nSPS) is 26.6. The first-order valence-corrected chi connectivity index (χ1v) is 6.47. The fraction of sp³-hybridized carbons (Fsp3) is 0.833. The molecule has 2 heterocycles. The molecule has 1 saturated heterocycles. The monoisotopic (exact) mass is 221 g/mol. The highest BCUT2D eigenvalue weighted by atomic mass is 16.5. The topological polar surface area (TPSA) is 51.0 Å². The minimum absolute atomic E-state index is 0.545. The Kier molecular flexibility index (Phi) is 2.91. The van der Waals surface area contributed by atoms with Crippen molar-refractivity contribution < 1.29 is 4.52 Å². The van der Waals surface area contributed by atoms with Crippen molar-refractivity contribution >= 4 is 0 Å². The minimum Gasteiger partial charge on any atom is -0.339 e. The van der Waals surface area contributed by atoms with Crippen LogP contribution in [0.15, 0.2) is 4.52 Å². The summed E-state index contributed by atoms with van der Waals surface area (Å²) in [7, 11) is 0. The number of nitrogens with zero attached hydrogens (tertiary/aromatic N) is 2. The van der Waals surface area contributed by atoms with Crippen LogP contribution in [0.1, 0.15) is 56.2 Å². The molecule has 1 aromatic heterocycles. The molecule has 16 heavy (non-hydrogen) atoms. The van der Waals surface area contributed by atoms with Gasteiger partial charge in [0.25, 0.3) is 0 Å². The van der Waals surface area contributed by atoms with Crippen LogP contribution < -0.4 is 5.32 Å². The molecular formula is C12H19N3O. The molecule has 0 radical (unpaired) electrons. The van der Waals surface area contributed by atoms with Gasteiger partial charge in [-0.05, 0) is 32.2 Å². The first kappa shape index (κ1) is 10.3. The molecule has 4 heteroatoms. The first-order valence-electron chi connectivity index (χ1n) is 6.47. The summed E-state index contributed by atoms with van der Waals surface area (Å²) in [5.41, 5.74) is 0. The molecule has 0 aromatic carbocycles. The van der Waals surface area contributed by atoms with Crippen molar-refractivity contribution in [1.29, 1.82) is 0 Å². The Hall–Kier alpha value is -0.900. The fourth-order valence-electron chi connectivity index (χ4n) is 2.49. The van der Waals surface area contributed by atoms with Gasteiger partial charge in [-0.15, -0.1) is 0 Å². The molecule has 0 spiro atoms. The van der Waals surface area contributed by atoms with Crippen molar-refractivity contribution in [2.75, 3.05) is 6.54 Å². The zero-order valence-corrected chi connectivity index (χ0v) is 9.61. The average molecular weight is 221 g/mol. The lowest BCUT2D eigenvalue weighted by atomic mass is 9.85. The van der Waals surface area contributed by atoms with Gasteiger partial charge in [0.05, 0.1) is 0 Å². The third-order valence-electron chi connectivity index (χ3n) is 3.79. The second kappa shape index (κ2) is 4.53. The van der Waals surface area contributed by atoms with Gasteiger partial charge in [-0.3, -0.25) is 0 Å². The molecule has 2 fully saturated rings.